The molecule has 1 unspecified atom stereocenters. The normalized spacial score (nSPS) is 13.9. The molecule has 0 radical (unpaired) electrons. The van der Waals surface area contributed by atoms with Crippen LogP contribution in [0, 0.1) is 5.82 Å². The Labute approximate surface area is 227 Å². The number of carbonyl (C=O) groups is 1. The van der Waals surface area contributed by atoms with Crippen LogP contribution >= 0.6 is 0 Å². The first-order chi connectivity index (χ1) is 18.3. The Bertz CT molecular complexity index is 1570. The molecule has 0 saturated heterocycles. The van der Waals surface area contributed by atoms with Gasteiger partial charge in [-0.1, -0.05) is 42.5 Å². The minimum Gasteiger partial charge on any atom is -0.439 e. The lowest BCUT2D eigenvalue weighted by Gasteiger charge is -2.21. The minimum atomic E-state index is -3.62. The molecule has 8 nitrogen and oxygen atoms in total. The highest BCUT2D eigenvalue weighted by Gasteiger charge is 2.27. The van der Waals surface area contributed by atoms with Gasteiger partial charge in [0.2, 0.25) is 15.9 Å². The first kappa shape index (κ1) is 28.0. The first-order valence-corrected chi connectivity index (χ1v) is 14.1. The second-order valence-electron chi connectivity index (χ2n) is 9.86. The molecule has 4 rings (SSSR count). The summed E-state index contributed by atoms with van der Waals surface area (Å²) >= 11 is 0. The fraction of sp³-hybridized carbons (Fsp3) is 0.241. The second-order valence-corrected chi connectivity index (χ2v) is 11.9. The molecule has 1 aromatic heterocycles. The van der Waals surface area contributed by atoms with Crippen molar-refractivity contribution >= 4 is 21.6 Å². The van der Waals surface area contributed by atoms with Gasteiger partial charge in [-0.25, -0.2) is 17.8 Å². The molecule has 0 saturated carbocycles. The van der Waals surface area contributed by atoms with E-state index in [0.717, 1.165) is 16.1 Å². The number of nitrogens with two attached hydrogens (primary N) is 1. The molecule has 1 heterocycles. The highest BCUT2D eigenvalue weighted by atomic mass is 32.2. The third-order valence-electron chi connectivity index (χ3n) is 6.49. The van der Waals surface area contributed by atoms with Gasteiger partial charge in [0, 0.05) is 18.2 Å². The molecular formula is C29H31FN4O4S. The molecule has 39 heavy (non-hydrogen) atoms. The van der Waals surface area contributed by atoms with Crippen LogP contribution < -0.4 is 15.4 Å². The summed E-state index contributed by atoms with van der Waals surface area (Å²) in [4.78, 5) is 17.6. The Kier molecular flexibility index (Phi) is 7.89. The van der Waals surface area contributed by atoms with E-state index >= 15 is 0 Å². The Morgan fingerprint density at radius 3 is 2.44 bits per heavy atom. The quantitative estimate of drug-likeness (QED) is 0.310. The van der Waals surface area contributed by atoms with Crippen LogP contribution in [0.5, 0.6) is 0 Å². The summed E-state index contributed by atoms with van der Waals surface area (Å²) in [5.41, 5.74) is 8.34. The van der Waals surface area contributed by atoms with Crippen LogP contribution in [0.1, 0.15) is 47.1 Å². The maximum atomic E-state index is 13.3. The molecule has 3 N–H and O–H groups in total. The summed E-state index contributed by atoms with van der Waals surface area (Å²) in [6.45, 7) is 3.61. The molecule has 4 aromatic rings. The first-order valence-electron chi connectivity index (χ1n) is 12.3. The van der Waals surface area contributed by atoms with Crippen LogP contribution in [0.15, 0.2) is 83.4 Å². The molecule has 3 aromatic carbocycles. The van der Waals surface area contributed by atoms with Gasteiger partial charge in [0.05, 0.1) is 29.7 Å². The Balaban J connectivity index is 1.67. The number of hydrogen-bond donors (Lipinski definition) is 2. The van der Waals surface area contributed by atoms with Crippen LogP contribution in [0.4, 0.5) is 10.1 Å². The van der Waals surface area contributed by atoms with E-state index in [2.05, 4.69) is 10.3 Å². The van der Waals surface area contributed by atoms with Crippen molar-refractivity contribution in [3.8, 4) is 11.5 Å². The van der Waals surface area contributed by atoms with E-state index in [-0.39, 0.29) is 23.0 Å². The molecular weight excluding hydrogens is 519 g/mol. The lowest BCUT2D eigenvalue weighted by Crippen LogP contribution is -2.35. The molecule has 0 aliphatic carbocycles. The van der Waals surface area contributed by atoms with Gasteiger partial charge in [-0.15, -0.1) is 0 Å². The van der Waals surface area contributed by atoms with Gasteiger partial charge in [-0.2, -0.15) is 0 Å². The average Bonchev–Trinajstić information content (AvgIpc) is 3.40. The standard InChI is InChI=1S/C29H31FN4O4S/c1-19(21-10-12-24(30)13-11-21)33-27(35)22-14-23(16-25(15-22)34(3)39(4,36)37)28-32-18-26(38-28)29(2,31)17-20-8-6-5-7-9-20/h5-16,18-19H,17,31H2,1-4H3,(H,33,35)/t19-,29?/m1/s1. The summed E-state index contributed by atoms with van der Waals surface area (Å²) in [5, 5.41) is 2.87. The van der Waals surface area contributed by atoms with Crippen LogP contribution in [0.3, 0.4) is 0 Å². The fourth-order valence-electron chi connectivity index (χ4n) is 4.13. The van der Waals surface area contributed by atoms with Crippen LogP contribution in [-0.4, -0.2) is 32.6 Å². The summed E-state index contributed by atoms with van der Waals surface area (Å²) in [6.07, 6.45) is 3.12. The van der Waals surface area contributed by atoms with Crippen molar-refractivity contribution in [3.63, 3.8) is 0 Å². The number of aromatic nitrogens is 1. The number of hydrogen-bond acceptors (Lipinski definition) is 6. The number of nitrogens with one attached hydrogen (secondary N) is 1. The molecule has 204 valence electrons. The fourth-order valence-corrected chi connectivity index (χ4v) is 4.62. The van der Waals surface area contributed by atoms with E-state index in [9.17, 15) is 17.6 Å². The summed E-state index contributed by atoms with van der Waals surface area (Å²) < 4.78 is 45.0. The van der Waals surface area contributed by atoms with E-state index in [4.69, 9.17) is 10.2 Å². The van der Waals surface area contributed by atoms with Gasteiger partial charge in [0.1, 0.15) is 11.6 Å². The zero-order valence-electron chi connectivity index (χ0n) is 22.2. The van der Waals surface area contributed by atoms with E-state index < -0.39 is 27.5 Å². The van der Waals surface area contributed by atoms with Gasteiger partial charge in [-0.05, 0) is 61.7 Å². The van der Waals surface area contributed by atoms with Crippen molar-refractivity contribution < 1.29 is 22.0 Å². The lowest BCUT2D eigenvalue weighted by molar-refractivity contribution is 0.0940. The van der Waals surface area contributed by atoms with E-state index in [1.54, 1.807) is 37.4 Å². The molecule has 2 atom stereocenters. The highest BCUT2D eigenvalue weighted by Crippen LogP contribution is 2.31. The van der Waals surface area contributed by atoms with Crippen LogP contribution in [0.25, 0.3) is 11.5 Å². The van der Waals surface area contributed by atoms with Gasteiger partial charge < -0.3 is 15.5 Å². The SMILES string of the molecule is C[C@@H](NC(=O)c1cc(-c2ncc(C(C)(N)Cc3ccccc3)o2)cc(N(C)S(C)(=O)=O)c1)c1ccc(F)cc1. The Hall–Kier alpha value is -4.02. The topological polar surface area (TPSA) is 119 Å². The lowest BCUT2D eigenvalue weighted by atomic mass is 9.92. The Morgan fingerprint density at radius 1 is 1.13 bits per heavy atom. The maximum Gasteiger partial charge on any atom is 0.251 e. The van der Waals surface area contributed by atoms with Crippen molar-refractivity contribution in [2.24, 2.45) is 5.73 Å². The van der Waals surface area contributed by atoms with Crippen molar-refractivity contribution in [1.82, 2.24) is 10.3 Å². The largest absolute Gasteiger partial charge is 0.439 e. The molecule has 10 heteroatoms. The van der Waals surface area contributed by atoms with Crippen LogP contribution in [0.2, 0.25) is 0 Å². The minimum absolute atomic E-state index is 0.194. The van der Waals surface area contributed by atoms with Gasteiger partial charge in [0.25, 0.3) is 5.91 Å². The van der Waals surface area contributed by atoms with E-state index in [0.29, 0.717) is 23.3 Å². The number of rotatable bonds is 9. The summed E-state index contributed by atoms with van der Waals surface area (Å²) in [6, 6.07) is 19.8. The van der Waals surface area contributed by atoms with Crippen molar-refractivity contribution in [2.45, 2.75) is 31.8 Å². The third kappa shape index (κ3) is 6.71. The van der Waals surface area contributed by atoms with Crippen molar-refractivity contribution in [1.29, 1.82) is 0 Å². The molecule has 0 bridgehead atoms. The summed E-state index contributed by atoms with van der Waals surface area (Å²) in [5.74, 6) is -0.185. The predicted octanol–water partition coefficient (Wildman–Crippen LogP) is 4.78. The number of halogens is 1. The number of anilines is 1. The Morgan fingerprint density at radius 2 is 1.79 bits per heavy atom. The number of amides is 1. The molecule has 1 amide bonds. The zero-order chi connectivity index (χ0) is 28.4. The number of oxazole rings is 1. The maximum absolute atomic E-state index is 13.3. The average molecular weight is 551 g/mol. The molecule has 0 aliphatic heterocycles. The molecule has 0 aliphatic rings. The number of nitrogens with zero attached hydrogens (tertiary/aromatic N) is 2. The zero-order valence-corrected chi connectivity index (χ0v) is 23.0. The smallest absolute Gasteiger partial charge is 0.251 e. The van der Waals surface area contributed by atoms with Crippen LogP contribution in [-0.2, 0) is 22.0 Å². The number of carbonyl (C=O) groups excluding carboxylic acids is 1. The number of sulfonamides is 1. The van der Waals surface area contributed by atoms with Gasteiger partial charge in [0.15, 0.2) is 0 Å². The highest BCUT2D eigenvalue weighted by molar-refractivity contribution is 7.92. The van der Waals surface area contributed by atoms with E-state index in [1.165, 1.54) is 25.2 Å². The second kappa shape index (κ2) is 11.0. The monoisotopic (exact) mass is 550 g/mol. The van der Waals surface area contributed by atoms with Crippen molar-refractivity contribution in [3.05, 3.63) is 107 Å². The molecule has 0 fully saturated rings. The third-order valence-corrected chi connectivity index (χ3v) is 7.69. The van der Waals surface area contributed by atoms with E-state index in [1.807, 2.05) is 37.3 Å². The summed E-state index contributed by atoms with van der Waals surface area (Å²) in [7, 11) is -2.23. The van der Waals surface area contributed by atoms with Gasteiger partial charge in [-0.3, -0.25) is 9.10 Å². The van der Waals surface area contributed by atoms with Crippen molar-refractivity contribution in [2.75, 3.05) is 17.6 Å². The molecule has 0 spiro atoms. The number of benzene rings is 3. The predicted molar refractivity (Wildman–Crippen MR) is 149 cm³/mol. The van der Waals surface area contributed by atoms with Gasteiger partial charge >= 0.3 is 0 Å².